The Morgan fingerprint density at radius 1 is 1.00 bits per heavy atom. The van der Waals surface area contributed by atoms with Crippen molar-refractivity contribution in [2.75, 3.05) is 26.3 Å². The molecule has 1 unspecified atom stereocenters. The minimum absolute atomic E-state index is 0.129. The molecule has 2 aliphatic heterocycles. The van der Waals surface area contributed by atoms with Crippen LogP contribution < -0.4 is 0 Å². The molecule has 2 aliphatic rings. The second-order valence-electron chi connectivity index (χ2n) is 10.2. The van der Waals surface area contributed by atoms with Gasteiger partial charge in [-0.15, -0.1) is 0 Å². The van der Waals surface area contributed by atoms with Gasteiger partial charge in [0, 0.05) is 64.8 Å². The van der Waals surface area contributed by atoms with Gasteiger partial charge in [0.15, 0.2) is 0 Å². The topological polar surface area (TPSA) is 38.1 Å². The van der Waals surface area contributed by atoms with E-state index in [-0.39, 0.29) is 18.6 Å². The fraction of sp³-hybridized carbons (Fsp3) is 0.407. The van der Waals surface area contributed by atoms with Crippen molar-refractivity contribution in [3.8, 4) is 0 Å². The maximum absolute atomic E-state index is 13.7. The Morgan fingerprint density at radius 3 is 2.57 bits per heavy atom. The fourth-order valence-electron chi connectivity index (χ4n) is 5.93. The van der Waals surface area contributed by atoms with E-state index in [0.29, 0.717) is 13.0 Å². The maximum Gasteiger partial charge on any atom is 0.401 e. The summed E-state index contributed by atoms with van der Waals surface area (Å²) in [5.41, 5.74) is 5.73. The van der Waals surface area contributed by atoms with Crippen molar-refractivity contribution >= 4 is 21.8 Å². The molecule has 8 heteroatoms. The van der Waals surface area contributed by atoms with Crippen molar-refractivity contribution in [3.63, 3.8) is 0 Å². The lowest BCUT2D eigenvalue weighted by Gasteiger charge is -2.41. The van der Waals surface area contributed by atoms with Crippen molar-refractivity contribution in [1.82, 2.24) is 19.8 Å². The number of likely N-dealkylation sites (tertiary alicyclic amines) is 1. The number of H-pyrrole nitrogens is 2. The Kier molecular flexibility index (Phi) is 5.41. The maximum atomic E-state index is 13.7. The van der Waals surface area contributed by atoms with E-state index in [2.05, 4.69) is 20.9 Å². The highest BCUT2D eigenvalue weighted by atomic mass is 19.4. The van der Waals surface area contributed by atoms with Gasteiger partial charge in [-0.25, -0.2) is 0 Å². The first-order valence-electron chi connectivity index (χ1n) is 12.1. The monoisotopic (exact) mass is 484 g/mol. The lowest BCUT2D eigenvalue weighted by atomic mass is 9.88. The predicted octanol–water partition coefficient (Wildman–Crippen LogP) is 5.95. The Hall–Kier alpha value is -2.84. The highest BCUT2D eigenvalue weighted by Gasteiger charge is 2.42. The molecule has 2 aromatic heterocycles. The van der Waals surface area contributed by atoms with Crippen molar-refractivity contribution in [2.45, 2.75) is 38.1 Å². The van der Waals surface area contributed by atoms with Crippen LogP contribution in [0.3, 0.4) is 0 Å². The molecule has 6 rings (SSSR count). The molecule has 184 valence electrons. The summed E-state index contributed by atoms with van der Waals surface area (Å²) in [6.07, 6.45) is -3.73. The van der Waals surface area contributed by atoms with Gasteiger partial charge >= 0.3 is 6.18 Å². The third kappa shape index (κ3) is 4.12. The van der Waals surface area contributed by atoms with E-state index >= 15 is 0 Å². The number of nitrogens with one attached hydrogen (secondary N) is 2. The molecular weight excluding hydrogens is 456 g/mol. The Bertz CT molecular complexity index is 1360. The highest BCUT2D eigenvalue weighted by Crippen LogP contribution is 2.42. The second kappa shape index (κ2) is 8.38. The van der Waals surface area contributed by atoms with Crippen LogP contribution in [0.4, 0.5) is 17.6 Å². The molecule has 1 fully saturated rings. The van der Waals surface area contributed by atoms with E-state index in [9.17, 15) is 17.6 Å². The second-order valence-corrected chi connectivity index (χ2v) is 10.2. The van der Waals surface area contributed by atoms with Gasteiger partial charge in [0.2, 0.25) is 0 Å². The minimum atomic E-state index is -4.30. The van der Waals surface area contributed by atoms with Crippen LogP contribution in [-0.2, 0) is 13.0 Å². The Morgan fingerprint density at radius 2 is 1.80 bits per heavy atom. The van der Waals surface area contributed by atoms with Crippen LogP contribution in [0.1, 0.15) is 35.5 Å². The zero-order valence-electron chi connectivity index (χ0n) is 19.5. The van der Waals surface area contributed by atoms with Gasteiger partial charge in [-0.2, -0.15) is 13.2 Å². The molecule has 0 bridgehead atoms. The highest BCUT2D eigenvalue weighted by molar-refractivity contribution is 5.86. The number of fused-ring (bicyclic) bond motifs is 4. The number of rotatable bonds is 5. The van der Waals surface area contributed by atoms with Gasteiger partial charge in [0.05, 0.1) is 19.3 Å². The number of benzene rings is 2. The molecule has 0 spiro atoms. The first-order chi connectivity index (χ1) is 16.8. The molecule has 2 N–H and O–H groups in total. The SMILES string of the molecule is C[C@@H]1Cc2c([nH]c3ccccc23)C(c2ccc3[nH]c(CN4CC(CF)C4)cc3c2)N1CC(F)(F)F. The summed E-state index contributed by atoms with van der Waals surface area (Å²) in [6.45, 7) is 2.87. The molecule has 2 atom stereocenters. The summed E-state index contributed by atoms with van der Waals surface area (Å²) in [5.74, 6) is 0.129. The minimum Gasteiger partial charge on any atom is -0.357 e. The number of nitrogens with zero attached hydrogens (tertiary/aromatic N) is 2. The summed E-state index contributed by atoms with van der Waals surface area (Å²) < 4.78 is 53.8. The van der Waals surface area contributed by atoms with Gasteiger partial charge in [-0.05, 0) is 48.7 Å². The van der Waals surface area contributed by atoms with Crippen LogP contribution in [0.15, 0.2) is 48.5 Å². The third-order valence-corrected chi connectivity index (χ3v) is 7.54. The number of alkyl halides is 4. The lowest BCUT2D eigenvalue weighted by Crippen LogP contribution is -2.47. The Labute approximate surface area is 200 Å². The molecule has 4 nitrogen and oxygen atoms in total. The summed E-state index contributed by atoms with van der Waals surface area (Å²) >= 11 is 0. The van der Waals surface area contributed by atoms with Gasteiger partial charge in [0.1, 0.15) is 0 Å². The number of para-hydroxylation sites is 1. The smallest absolute Gasteiger partial charge is 0.357 e. The first-order valence-corrected chi connectivity index (χ1v) is 12.1. The summed E-state index contributed by atoms with van der Waals surface area (Å²) in [4.78, 5) is 10.6. The number of hydrogen-bond acceptors (Lipinski definition) is 2. The standard InChI is InChI=1S/C27H28F4N4/c1-16-8-22-21-4-2-3-5-24(21)33-25(22)26(35(16)15-27(29,30)31)18-6-7-23-19(9-18)10-20(32-23)14-34-12-17(11-28)13-34/h2-7,9-10,16-17,26,32-33H,8,11-15H2,1H3/t16-,26?/m1/s1. The first kappa shape index (κ1) is 22.6. The van der Waals surface area contributed by atoms with Gasteiger partial charge in [-0.3, -0.25) is 14.2 Å². The van der Waals surface area contributed by atoms with Crippen LogP contribution in [0.25, 0.3) is 21.8 Å². The van der Waals surface area contributed by atoms with Crippen LogP contribution in [0, 0.1) is 5.92 Å². The predicted molar refractivity (Wildman–Crippen MR) is 129 cm³/mol. The van der Waals surface area contributed by atoms with Crippen LogP contribution in [0.5, 0.6) is 0 Å². The summed E-state index contributed by atoms with van der Waals surface area (Å²) in [6, 6.07) is 15.1. The van der Waals surface area contributed by atoms with Crippen molar-refractivity contribution in [1.29, 1.82) is 0 Å². The molecule has 0 saturated carbocycles. The fourth-order valence-corrected chi connectivity index (χ4v) is 5.93. The van der Waals surface area contributed by atoms with Crippen LogP contribution >= 0.6 is 0 Å². The zero-order valence-corrected chi connectivity index (χ0v) is 19.5. The molecule has 4 aromatic rings. The molecule has 1 saturated heterocycles. The molecule has 4 heterocycles. The zero-order chi connectivity index (χ0) is 24.3. The average molecular weight is 485 g/mol. The molecule has 2 aromatic carbocycles. The van der Waals surface area contributed by atoms with Gasteiger partial charge in [0.25, 0.3) is 0 Å². The average Bonchev–Trinajstić information content (AvgIpc) is 3.35. The summed E-state index contributed by atoms with van der Waals surface area (Å²) in [7, 11) is 0. The van der Waals surface area contributed by atoms with Crippen molar-refractivity contribution < 1.29 is 17.6 Å². The molecular formula is C27H28F4N4. The van der Waals surface area contributed by atoms with E-state index in [4.69, 9.17) is 0 Å². The number of aromatic amines is 2. The lowest BCUT2D eigenvalue weighted by molar-refractivity contribution is -0.155. The van der Waals surface area contributed by atoms with Crippen LogP contribution in [-0.4, -0.2) is 58.3 Å². The van der Waals surface area contributed by atoms with Gasteiger partial charge in [-0.1, -0.05) is 24.3 Å². The van der Waals surface area contributed by atoms with E-state index in [0.717, 1.165) is 57.4 Å². The number of halogens is 4. The van der Waals surface area contributed by atoms with E-state index < -0.39 is 18.8 Å². The molecule has 0 radical (unpaired) electrons. The summed E-state index contributed by atoms with van der Waals surface area (Å²) in [5, 5.41) is 2.06. The quantitative estimate of drug-likeness (QED) is 0.344. The Balaban J connectivity index is 1.39. The number of hydrogen-bond donors (Lipinski definition) is 2. The van der Waals surface area contributed by atoms with Crippen molar-refractivity contribution in [3.05, 3.63) is 71.0 Å². The third-order valence-electron chi connectivity index (χ3n) is 7.54. The van der Waals surface area contributed by atoms with Crippen molar-refractivity contribution in [2.24, 2.45) is 5.92 Å². The molecule has 0 amide bonds. The largest absolute Gasteiger partial charge is 0.401 e. The van der Waals surface area contributed by atoms with E-state index in [1.165, 1.54) is 0 Å². The number of aromatic nitrogens is 2. The molecule has 35 heavy (non-hydrogen) atoms. The van der Waals surface area contributed by atoms with Crippen LogP contribution in [0.2, 0.25) is 0 Å². The van der Waals surface area contributed by atoms with E-state index in [1.807, 2.05) is 49.4 Å². The normalized spacial score (nSPS) is 22.1. The van der Waals surface area contributed by atoms with Gasteiger partial charge < -0.3 is 9.97 Å². The molecule has 0 aliphatic carbocycles. The van der Waals surface area contributed by atoms with E-state index in [1.54, 1.807) is 4.90 Å².